The molecule has 3 heterocycles. The van der Waals surface area contributed by atoms with Crippen molar-refractivity contribution in [1.29, 1.82) is 0 Å². The largest absolute Gasteiger partial charge is 0.477 e. The van der Waals surface area contributed by atoms with Gasteiger partial charge in [-0.05, 0) is 37.5 Å². The maximum atomic E-state index is 13.0. The number of carbonyl (C=O) groups excluding carboxylic acids is 1. The van der Waals surface area contributed by atoms with Gasteiger partial charge in [0.1, 0.15) is 18.2 Å². The Morgan fingerprint density at radius 2 is 2.16 bits per heavy atom. The molecule has 8 nitrogen and oxygen atoms in total. The van der Waals surface area contributed by atoms with Crippen LogP contribution in [0.5, 0.6) is 11.5 Å². The fraction of sp³-hybridized carbons (Fsp3) is 0.348. The van der Waals surface area contributed by atoms with Gasteiger partial charge in [0.05, 0.1) is 16.6 Å². The van der Waals surface area contributed by atoms with Crippen molar-refractivity contribution in [3.63, 3.8) is 0 Å². The predicted molar refractivity (Wildman–Crippen MR) is 112 cm³/mol. The molecule has 2 aromatic rings. The van der Waals surface area contributed by atoms with E-state index < -0.39 is 4.92 Å². The Balaban J connectivity index is 1.41. The van der Waals surface area contributed by atoms with Crippen molar-refractivity contribution < 1.29 is 23.9 Å². The number of nitro groups is 1. The van der Waals surface area contributed by atoms with Gasteiger partial charge < -0.3 is 14.2 Å². The van der Waals surface area contributed by atoms with E-state index in [1.54, 1.807) is 18.2 Å². The molecule has 1 unspecified atom stereocenters. The Morgan fingerprint density at radius 1 is 1.29 bits per heavy atom. The molecule has 1 fully saturated rings. The van der Waals surface area contributed by atoms with E-state index in [0.29, 0.717) is 30.2 Å². The van der Waals surface area contributed by atoms with E-state index in [4.69, 9.17) is 14.2 Å². The molecule has 0 radical (unpaired) electrons. The van der Waals surface area contributed by atoms with E-state index in [0.717, 1.165) is 42.9 Å². The van der Waals surface area contributed by atoms with Gasteiger partial charge in [-0.1, -0.05) is 12.1 Å². The summed E-state index contributed by atoms with van der Waals surface area (Å²) in [5, 5.41) is 11.0. The first-order chi connectivity index (χ1) is 15.0. The van der Waals surface area contributed by atoms with Gasteiger partial charge in [-0.25, -0.2) is 0 Å². The van der Waals surface area contributed by atoms with Gasteiger partial charge in [-0.3, -0.25) is 19.8 Å². The van der Waals surface area contributed by atoms with Crippen molar-refractivity contribution >= 4 is 17.5 Å². The van der Waals surface area contributed by atoms with Crippen LogP contribution < -0.4 is 9.47 Å². The van der Waals surface area contributed by atoms with E-state index in [1.165, 1.54) is 12.1 Å². The number of nitro benzene ring substituents is 1. The van der Waals surface area contributed by atoms with E-state index in [9.17, 15) is 14.9 Å². The van der Waals surface area contributed by atoms with Crippen molar-refractivity contribution in [3.05, 3.63) is 68.5 Å². The minimum Gasteiger partial charge on any atom is -0.477 e. The molecule has 0 amide bonds. The highest BCUT2D eigenvalue weighted by Gasteiger charge is 2.34. The van der Waals surface area contributed by atoms with Gasteiger partial charge in [0.25, 0.3) is 5.69 Å². The standard InChI is InChI=1S/C23H22N2O6/c1-14-22-16(11-24(13-30-22)12-18-6-3-7-29-18)10-19-21(26)20(31-23(14)19)9-15-4-2-5-17(8-15)25(27)28/h2,4-5,8-10,18H,3,6-7,11-13H2,1H3/b20-9-. The number of ether oxygens (including phenoxy) is 3. The summed E-state index contributed by atoms with van der Waals surface area (Å²) in [7, 11) is 0. The highest BCUT2D eigenvalue weighted by molar-refractivity contribution is 6.15. The molecule has 0 saturated carbocycles. The minimum atomic E-state index is -0.466. The molecule has 1 atom stereocenters. The molecule has 8 heteroatoms. The van der Waals surface area contributed by atoms with Crippen LogP contribution in [0, 0.1) is 17.0 Å². The fourth-order valence-corrected chi connectivity index (χ4v) is 4.37. The molecule has 160 valence electrons. The van der Waals surface area contributed by atoms with Gasteiger partial charge in [-0.2, -0.15) is 0 Å². The number of Topliss-reactive ketones (excluding diaryl/α,β-unsaturated/α-hetero) is 1. The van der Waals surface area contributed by atoms with E-state index in [-0.39, 0.29) is 23.3 Å². The lowest BCUT2D eigenvalue weighted by Gasteiger charge is -2.31. The molecule has 1 saturated heterocycles. The lowest BCUT2D eigenvalue weighted by molar-refractivity contribution is -0.384. The zero-order valence-corrected chi connectivity index (χ0v) is 17.1. The third kappa shape index (κ3) is 3.68. The maximum absolute atomic E-state index is 13.0. The number of rotatable bonds is 4. The molecule has 3 aliphatic rings. The lowest BCUT2D eigenvalue weighted by atomic mass is 10.00. The molecule has 5 rings (SSSR count). The number of allylic oxidation sites excluding steroid dienone is 1. The molecular formula is C23H22N2O6. The number of nitrogens with zero attached hydrogens (tertiary/aromatic N) is 2. The third-order valence-corrected chi connectivity index (χ3v) is 5.87. The number of benzene rings is 2. The fourth-order valence-electron chi connectivity index (χ4n) is 4.37. The smallest absolute Gasteiger partial charge is 0.270 e. The second-order valence-corrected chi connectivity index (χ2v) is 8.08. The summed E-state index contributed by atoms with van der Waals surface area (Å²) in [6, 6.07) is 7.94. The summed E-state index contributed by atoms with van der Waals surface area (Å²) in [6.07, 6.45) is 3.92. The third-order valence-electron chi connectivity index (χ3n) is 5.87. The van der Waals surface area contributed by atoms with Crippen LogP contribution in [0.15, 0.2) is 36.1 Å². The zero-order chi connectivity index (χ0) is 21.5. The van der Waals surface area contributed by atoms with Crippen molar-refractivity contribution in [2.24, 2.45) is 0 Å². The van der Waals surface area contributed by atoms with Crippen LogP contribution in [0.25, 0.3) is 6.08 Å². The lowest BCUT2D eigenvalue weighted by Crippen LogP contribution is -2.37. The highest BCUT2D eigenvalue weighted by Crippen LogP contribution is 2.43. The Bertz CT molecular complexity index is 1100. The Kier molecular flexibility index (Phi) is 4.95. The predicted octanol–water partition coefficient (Wildman–Crippen LogP) is 3.85. The molecule has 2 aromatic carbocycles. The van der Waals surface area contributed by atoms with Gasteiger partial charge in [-0.15, -0.1) is 0 Å². The van der Waals surface area contributed by atoms with Crippen LogP contribution >= 0.6 is 0 Å². The maximum Gasteiger partial charge on any atom is 0.270 e. The first-order valence-corrected chi connectivity index (χ1v) is 10.3. The zero-order valence-electron chi connectivity index (χ0n) is 17.1. The summed E-state index contributed by atoms with van der Waals surface area (Å²) in [5.74, 6) is 1.17. The summed E-state index contributed by atoms with van der Waals surface area (Å²) in [5.41, 5.74) is 2.74. The van der Waals surface area contributed by atoms with Gasteiger partial charge in [0, 0.05) is 43.0 Å². The summed E-state index contributed by atoms with van der Waals surface area (Å²) in [4.78, 5) is 25.8. The Morgan fingerprint density at radius 3 is 2.94 bits per heavy atom. The second kappa shape index (κ2) is 7.79. The van der Waals surface area contributed by atoms with Crippen molar-refractivity contribution in [3.8, 4) is 11.5 Å². The number of hydrogen-bond donors (Lipinski definition) is 0. The summed E-state index contributed by atoms with van der Waals surface area (Å²) in [6.45, 7) is 4.65. The normalized spacial score (nSPS) is 21.5. The van der Waals surface area contributed by atoms with Crippen molar-refractivity contribution in [1.82, 2.24) is 4.90 Å². The van der Waals surface area contributed by atoms with E-state index in [1.807, 2.05) is 13.0 Å². The molecule has 0 N–H and O–H groups in total. The molecule has 0 bridgehead atoms. The Hall–Kier alpha value is -3.23. The van der Waals surface area contributed by atoms with Crippen LogP contribution in [-0.2, 0) is 11.3 Å². The van der Waals surface area contributed by atoms with E-state index in [2.05, 4.69) is 4.90 Å². The first kappa shape index (κ1) is 19.7. The highest BCUT2D eigenvalue weighted by atomic mass is 16.6. The number of ketones is 1. The number of fused-ring (bicyclic) bond motifs is 2. The Labute approximate surface area is 179 Å². The quantitative estimate of drug-likeness (QED) is 0.420. The molecule has 3 aliphatic heterocycles. The summed E-state index contributed by atoms with van der Waals surface area (Å²) >= 11 is 0. The average molecular weight is 422 g/mol. The number of carbonyl (C=O) groups is 1. The van der Waals surface area contributed by atoms with Crippen LogP contribution in [0.3, 0.4) is 0 Å². The van der Waals surface area contributed by atoms with Crippen LogP contribution in [0.1, 0.15) is 39.9 Å². The monoisotopic (exact) mass is 422 g/mol. The van der Waals surface area contributed by atoms with Gasteiger partial charge >= 0.3 is 0 Å². The van der Waals surface area contributed by atoms with Crippen LogP contribution in [0.2, 0.25) is 0 Å². The average Bonchev–Trinajstić information content (AvgIpc) is 3.37. The minimum absolute atomic E-state index is 0.0383. The van der Waals surface area contributed by atoms with Crippen LogP contribution in [0.4, 0.5) is 5.69 Å². The number of non-ortho nitro benzene ring substituents is 1. The SMILES string of the molecule is Cc1c2c(cc3c1O/C(=C\c1cccc([N+](=O)[O-])c1)C3=O)CN(CC1CCCO1)CO2. The first-order valence-electron chi connectivity index (χ1n) is 10.3. The van der Waals surface area contributed by atoms with E-state index >= 15 is 0 Å². The van der Waals surface area contributed by atoms with Gasteiger partial charge in [0.2, 0.25) is 5.78 Å². The number of hydrogen-bond acceptors (Lipinski definition) is 7. The molecule has 0 spiro atoms. The van der Waals surface area contributed by atoms with Gasteiger partial charge in [0.15, 0.2) is 5.76 Å². The van der Waals surface area contributed by atoms with Crippen molar-refractivity contribution in [2.75, 3.05) is 19.9 Å². The molecule has 0 aromatic heterocycles. The topological polar surface area (TPSA) is 91.1 Å². The summed E-state index contributed by atoms with van der Waals surface area (Å²) < 4.78 is 17.6. The second-order valence-electron chi connectivity index (χ2n) is 8.08. The van der Waals surface area contributed by atoms with Crippen molar-refractivity contribution in [2.45, 2.75) is 32.4 Å². The molecular weight excluding hydrogens is 400 g/mol. The van der Waals surface area contributed by atoms with Crippen LogP contribution in [-0.4, -0.2) is 41.6 Å². The molecule has 31 heavy (non-hydrogen) atoms. The molecule has 0 aliphatic carbocycles.